The highest BCUT2D eigenvalue weighted by Gasteiger charge is 2.08. The first kappa shape index (κ1) is 10.7. The highest BCUT2D eigenvalue weighted by Crippen LogP contribution is 2.34. The van der Waals surface area contributed by atoms with Crippen LogP contribution in [0.5, 0.6) is 0 Å². The van der Waals surface area contributed by atoms with Crippen LogP contribution in [-0.2, 0) is 0 Å². The van der Waals surface area contributed by atoms with Gasteiger partial charge < -0.3 is 11.1 Å². The number of nitrogens with one attached hydrogen (secondary N) is 1. The van der Waals surface area contributed by atoms with Crippen molar-refractivity contribution in [2.45, 2.75) is 0 Å². The molecule has 15 heavy (non-hydrogen) atoms. The number of aromatic nitrogens is 1. The lowest BCUT2D eigenvalue weighted by molar-refractivity contribution is 1.38. The molecule has 0 saturated heterocycles. The van der Waals surface area contributed by atoms with Gasteiger partial charge >= 0.3 is 0 Å². The van der Waals surface area contributed by atoms with Gasteiger partial charge in [-0.25, -0.2) is 0 Å². The van der Waals surface area contributed by atoms with Gasteiger partial charge in [0.15, 0.2) is 0 Å². The molecule has 78 valence electrons. The first-order valence-electron chi connectivity index (χ1n) is 4.34. The van der Waals surface area contributed by atoms with Gasteiger partial charge in [0.2, 0.25) is 0 Å². The van der Waals surface area contributed by atoms with E-state index in [1.165, 1.54) is 0 Å². The number of halogens is 2. The molecule has 0 saturated carbocycles. The molecule has 0 unspecified atom stereocenters. The van der Waals surface area contributed by atoms with Crippen LogP contribution in [-0.4, -0.2) is 12.0 Å². The molecule has 1 aromatic heterocycles. The summed E-state index contributed by atoms with van der Waals surface area (Å²) < 4.78 is 1.94. The minimum absolute atomic E-state index is 0.648. The first-order valence-corrected chi connectivity index (χ1v) is 5.93. The van der Waals surface area contributed by atoms with E-state index in [1.54, 1.807) is 6.20 Å². The third kappa shape index (κ3) is 1.81. The summed E-state index contributed by atoms with van der Waals surface area (Å²) in [5.74, 6) is 0. The Balaban J connectivity index is 2.91. The Hall–Kier alpha value is -0.810. The Bertz CT molecular complexity index is 526. The number of benzene rings is 1. The molecule has 0 atom stereocenters. The molecular formula is C10H9Br2N3. The Morgan fingerprint density at radius 2 is 2.07 bits per heavy atom. The van der Waals surface area contributed by atoms with Crippen molar-refractivity contribution in [3.63, 3.8) is 0 Å². The number of nitrogens with zero attached hydrogens (tertiary/aromatic N) is 1. The molecule has 0 radical (unpaired) electrons. The predicted molar refractivity (Wildman–Crippen MR) is 71.1 cm³/mol. The fraction of sp³-hybridized carbons (Fsp3) is 0.100. The topological polar surface area (TPSA) is 50.9 Å². The zero-order valence-electron chi connectivity index (χ0n) is 8.01. The van der Waals surface area contributed by atoms with Gasteiger partial charge in [-0.3, -0.25) is 4.98 Å². The molecule has 3 nitrogen and oxygen atoms in total. The van der Waals surface area contributed by atoms with Crippen molar-refractivity contribution >= 4 is 54.1 Å². The van der Waals surface area contributed by atoms with Crippen molar-refractivity contribution < 1.29 is 0 Å². The smallest absolute Gasteiger partial charge is 0.0867 e. The van der Waals surface area contributed by atoms with Gasteiger partial charge in [0.25, 0.3) is 0 Å². The van der Waals surface area contributed by atoms with E-state index >= 15 is 0 Å². The summed E-state index contributed by atoms with van der Waals surface area (Å²) in [7, 11) is 1.85. The van der Waals surface area contributed by atoms with Gasteiger partial charge in [0, 0.05) is 21.4 Å². The number of nitrogen functional groups attached to an aromatic ring is 1. The van der Waals surface area contributed by atoms with Crippen LogP contribution in [0.3, 0.4) is 0 Å². The summed E-state index contributed by atoms with van der Waals surface area (Å²) in [5.41, 5.74) is 8.29. The molecule has 0 amide bonds. The fourth-order valence-electron chi connectivity index (χ4n) is 1.52. The monoisotopic (exact) mass is 329 g/mol. The first-order chi connectivity index (χ1) is 7.13. The molecule has 0 spiro atoms. The van der Waals surface area contributed by atoms with Crippen LogP contribution < -0.4 is 11.1 Å². The Morgan fingerprint density at radius 3 is 2.73 bits per heavy atom. The number of fused-ring (bicyclic) bond motifs is 1. The van der Waals surface area contributed by atoms with Gasteiger partial charge in [-0.2, -0.15) is 0 Å². The number of anilines is 2. The van der Waals surface area contributed by atoms with E-state index in [0.29, 0.717) is 5.69 Å². The van der Waals surface area contributed by atoms with Crippen molar-refractivity contribution in [2.75, 3.05) is 18.1 Å². The third-order valence-corrected chi connectivity index (χ3v) is 3.23. The average molecular weight is 331 g/mol. The lowest BCUT2D eigenvalue weighted by Crippen LogP contribution is -1.98. The summed E-state index contributed by atoms with van der Waals surface area (Å²) in [6.45, 7) is 0. The summed E-state index contributed by atoms with van der Waals surface area (Å²) in [6.07, 6.45) is 1.66. The van der Waals surface area contributed by atoms with E-state index in [2.05, 4.69) is 42.2 Å². The van der Waals surface area contributed by atoms with Crippen LogP contribution in [0.4, 0.5) is 11.4 Å². The van der Waals surface area contributed by atoms with Crippen LogP contribution in [0, 0.1) is 0 Å². The minimum Gasteiger partial charge on any atom is -0.396 e. The maximum Gasteiger partial charge on any atom is 0.0867 e. The number of hydrogen-bond donors (Lipinski definition) is 2. The second-order valence-corrected chi connectivity index (χ2v) is 4.89. The zero-order valence-corrected chi connectivity index (χ0v) is 11.2. The molecule has 0 aliphatic heterocycles. The lowest BCUT2D eigenvalue weighted by atomic mass is 10.1. The summed E-state index contributed by atoms with van der Waals surface area (Å²) in [6, 6.07) is 3.96. The number of rotatable bonds is 1. The highest BCUT2D eigenvalue weighted by atomic mass is 79.9. The van der Waals surface area contributed by atoms with E-state index in [4.69, 9.17) is 5.73 Å². The molecule has 2 aromatic rings. The zero-order chi connectivity index (χ0) is 11.0. The van der Waals surface area contributed by atoms with E-state index in [9.17, 15) is 0 Å². The molecule has 0 aliphatic carbocycles. The molecule has 5 heteroatoms. The Labute approximate surface area is 104 Å². The molecule has 3 N–H and O–H groups in total. The van der Waals surface area contributed by atoms with Crippen LogP contribution in [0.15, 0.2) is 27.3 Å². The quantitative estimate of drug-likeness (QED) is 0.842. The normalized spacial score (nSPS) is 10.6. The molecule has 1 heterocycles. The second kappa shape index (κ2) is 3.98. The van der Waals surface area contributed by atoms with Gasteiger partial charge in [0.1, 0.15) is 0 Å². The van der Waals surface area contributed by atoms with Crippen LogP contribution in [0.1, 0.15) is 0 Å². The fourth-order valence-corrected chi connectivity index (χ4v) is 2.85. The van der Waals surface area contributed by atoms with Crippen LogP contribution >= 0.6 is 31.9 Å². The molecule has 1 aromatic carbocycles. The lowest BCUT2D eigenvalue weighted by Gasteiger charge is -2.10. The third-order valence-electron chi connectivity index (χ3n) is 2.17. The van der Waals surface area contributed by atoms with Crippen LogP contribution in [0.25, 0.3) is 10.9 Å². The van der Waals surface area contributed by atoms with Crippen molar-refractivity contribution in [1.82, 2.24) is 4.98 Å². The summed E-state index contributed by atoms with van der Waals surface area (Å²) >= 11 is 6.92. The van der Waals surface area contributed by atoms with E-state index < -0.39 is 0 Å². The van der Waals surface area contributed by atoms with Gasteiger partial charge in [0.05, 0.1) is 23.1 Å². The van der Waals surface area contributed by atoms with Crippen molar-refractivity contribution in [2.24, 2.45) is 0 Å². The van der Waals surface area contributed by atoms with Crippen molar-refractivity contribution in [3.8, 4) is 0 Å². The predicted octanol–water partition coefficient (Wildman–Crippen LogP) is 3.38. The highest BCUT2D eigenvalue weighted by molar-refractivity contribution is 9.11. The molecule has 0 aliphatic rings. The minimum atomic E-state index is 0.648. The second-order valence-electron chi connectivity index (χ2n) is 3.12. The maximum atomic E-state index is 5.84. The molecule has 0 fully saturated rings. The van der Waals surface area contributed by atoms with E-state index in [1.807, 2.05) is 19.2 Å². The van der Waals surface area contributed by atoms with E-state index in [-0.39, 0.29) is 0 Å². The van der Waals surface area contributed by atoms with Gasteiger partial charge in [-0.1, -0.05) is 15.9 Å². The number of pyridine rings is 1. The standard InChI is InChI=1S/C10H9Br2N3/c1-14-10-6-2-5(11)3-7(12)9(6)15-4-8(10)13/h2-4H,13H2,1H3,(H,14,15). The average Bonchev–Trinajstić information content (AvgIpc) is 2.17. The van der Waals surface area contributed by atoms with E-state index in [0.717, 1.165) is 25.5 Å². The number of nitrogens with two attached hydrogens (primary N) is 1. The van der Waals surface area contributed by atoms with Gasteiger partial charge in [-0.05, 0) is 28.1 Å². The van der Waals surface area contributed by atoms with Gasteiger partial charge in [-0.15, -0.1) is 0 Å². The van der Waals surface area contributed by atoms with Crippen molar-refractivity contribution in [3.05, 3.63) is 27.3 Å². The molecule has 0 bridgehead atoms. The summed E-state index contributed by atoms with van der Waals surface area (Å²) in [4.78, 5) is 4.30. The SMILES string of the molecule is CNc1c(N)cnc2c(Br)cc(Br)cc12. The largest absolute Gasteiger partial charge is 0.396 e. The maximum absolute atomic E-state index is 5.84. The Morgan fingerprint density at radius 1 is 1.33 bits per heavy atom. The van der Waals surface area contributed by atoms with Crippen LogP contribution in [0.2, 0.25) is 0 Å². The number of hydrogen-bond acceptors (Lipinski definition) is 3. The molecule has 2 rings (SSSR count). The van der Waals surface area contributed by atoms with Crippen molar-refractivity contribution in [1.29, 1.82) is 0 Å². The Kier molecular flexibility index (Phi) is 2.84. The summed E-state index contributed by atoms with van der Waals surface area (Å²) in [5, 5.41) is 4.08. The molecular weight excluding hydrogens is 322 g/mol.